The molecule has 0 aliphatic rings. The molecule has 0 heterocycles. The van der Waals surface area contributed by atoms with Crippen molar-refractivity contribution in [3.63, 3.8) is 0 Å². The highest BCUT2D eigenvalue weighted by atomic mass is 35.5. The maximum atomic E-state index is 11.6. The molecule has 0 spiro atoms. The highest BCUT2D eigenvalue weighted by molar-refractivity contribution is 6.36. The first-order valence-electron chi connectivity index (χ1n) is 6.74. The number of halogens is 2. The van der Waals surface area contributed by atoms with Crippen molar-refractivity contribution in [2.45, 2.75) is 0 Å². The summed E-state index contributed by atoms with van der Waals surface area (Å²) in [7, 11) is 0. The van der Waals surface area contributed by atoms with Gasteiger partial charge in [0.2, 0.25) is 0 Å². The molecule has 0 aromatic heterocycles. The van der Waals surface area contributed by atoms with Crippen LogP contribution in [0.4, 0.5) is 5.69 Å². The number of carbonyl (C=O) groups is 1. The highest BCUT2D eigenvalue weighted by Gasteiger charge is 2.07. The lowest BCUT2D eigenvalue weighted by Gasteiger charge is -2.05. The average Bonchev–Trinajstić information content (AvgIpc) is 2.57. The van der Waals surface area contributed by atoms with Crippen molar-refractivity contribution < 1.29 is 19.6 Å². The summed E-state index contributed by atoms with van der Waals surface area (Å²) in [4.78, 5) is 21.6. The van der Waals surface area contributed by atoms with Gasteiger partial charge in [0.05, 0.1) is 16.2 Å². The zero-order valence-corrected chi connectivity index (χ0v) is 14.0. The van der Waals surface area contributed by atoms with Crippen LogP contribution in [0.3, 0.4) is 0 Å². The average molecular weight is 384 g/mol. The molecular weight excluding hydrogens is 373 g/mol. The topological polar surface area (TPSA) is 114 Å². The number of hydrogen-bond donors (Lipinski definition) is 2. The van der Waals surface area contributed by atoms with Crippen LogP contribution in [-0.4, -0.2) is 28.8 Å². The van der Waals surface area contributed by atoms with Crippen molar-refractivity contribution >= 4 is 41.0 Å². The first-order chi connectivity index (χ1) is 11.9. The minimum absolute atomic E-state index is 0.0572. The molecule has 130 valence electrons. The molecular formula is C15H11Cl2N3O5. The number of nitrogens with one attached hydrogen (secondary N) is 1. The lowest BCUT2D eigenvalue weighted by Crippen LogP contribution is -2.24. The van der Waals surface area contributed by atoms with Crippen LogP contribution in [0.2, 0.25) is 10.0 Å². The maximum Gasteiger partial charge on any atom is 0.277 e. The van der Waals surface area contributed by atoms with E-state index in [4.69, 9.17) is 27.9 Å². The largest absolute Gasteiger partial charge is 0.506 e. The monoisotopic (exact) mass is 383 g/mol. The molecule has 1 amide bonds. The van der Waals surface area contributed by atoms with Gasteiger partial charge in [-0.25, -0.2) is 5.43 Å². The summed E-state index contributed by atoms with van der Waals surface area (Å²) in [6, 6.07) is 8.06. The number of hydrazone groups is 1. The predicted molar refractivity (Wildman–Crippen MR) is 92.5 cm³/mol. The molecule has 0 saturated carbocycles. The molecule has 2 aromatic rings. The number of rotatable bonds is 6. The normalized spacial score (nSPS) is 10.6. The summed E-state index contributed by atoms with van der Waals surface area (Å²) >= 11 is 11.6. The Balaban J connectivity index is 1.87. The Morgan fingerprint density at radius 3 is 2.64 bits per heavy atom. The number of ether oxygens (including phenoxy) is 1. The number of nitrogens with zero attached hydrogens (tertiary/aromatic N) is 2. The van der Waals surface area contributed by atoms with Gasteiger partial charge in [0.25, 0.3) is 11.6 Å². The van der Waals surface area contributed by atoms with Gasteiger partial charge in [-0.05, 0) is 24.3 Å². The van der Waals surface area contributed by atoms with Crippen LogP contribution < -0.4 is 10.2 Å². The number of nitro groups is 1. The van der Waals surface area contributed by atoms with Gasteiger partial charge in [-0.15, -0.1) is 0 Å². The van der Waals surface area contributed by atoms with E-state index in [2.05, 4.69) is 10.5 Å². The molecule has 25 heavy (non-hydrogen) atoms. The molecule has 2 rings (SSSR count). The van der Waals surface area contributed by atoms with Crippen molar-refractivity contribution in [2.75, 3.05) is 6.61 Å². The number of phenolic OH excluding ortho intramolecular Hbond substituents is 1. The Bertz CT molecular complexity index is 825. The molecule has 0 unspecified atom stereocenters. The Hall–Kier alpha value is -2.84. The van der Waals surface area contributed by atoms with Crippen LogP contribution in [0.5, 0.6) is 11.5 Å². The SMILES string of the molecule is O=C(COc1ccc([N+](=O)[O-])cc1)NN=Cc1cc(Cl)cc(Cl)c1O. The quantitative estimate of drug-likeness (QED) is 0.451. The van der Waals surface area contributed by atoms with E-state index in [1.54, 1.807) is 0 Å². The fourth-order valence-corrected chi connectivity index (χ4v) is 2.21. The number of hydrogen-bond acceptors (Lipinski definition) is 6. The molecule has 2 aromatic carbocycles. The third kappa shape index (κ3) is 5.33. The Morgan fingerprint density at radius 1 is 1.32 bits per heavy atom. The number of nitro benzene ring substituents is 1. The fraction of sp³-hybridized carbons (Fsp3) is 0.0667. The minimum atomic E-state index is -0.567. The van der Waals surface area contributed by atoms with Gasteiger partial charge >= 0.3 is 0 Å². The zero-order valence-electron chi connectivity index (χ0n) is 12.5. The van der Waals surface area contributed by atoms with Gasteiger partial charge in [-0.3, -0.25) is 14.9 Å². The molecule has 0 radical (unpaired) electrons. The van der Waals surface area contributed by atoms with Gasteiger partial charge in [-0.2, -0.15) is 5.10 Å². The first-order valence-corrected chi connectivity index (χ1v) is 7.49. The molecule has 0 aliphatic carbocycles. The van der Waals surface area contributed by atoms with Crippen LogP contribution >= 0.6 is 23.2 Å². The van der Waals surface area contributed by atoms with E-state index >= 15 is 0 Å². The molecule has 0 saturated heterocycles. The summed E-state index contributed by atoms with van der Waals surface area (Å²) in [6.07, 6.45) is 1.18. The second-order valence-corrected chi connectivity index (χ2v) is 5.50. The van der Waals surface area contributed by atoms with E-state index in [0.29, 0.717) is 10.8 Å². The number of aromatic hydroxyl groups is 1. The predicted octanol–water partition coefficient (Wildman–Crippen LogP) is 3.14. The van der Waals surface area contributed by atoms with Crippen LogP contribution in [0.25, 0.3) is 0 Å². The molecule has 8 nitrogen and oxygen atoms in total. The van der Waals surface area contributed by atoms with Gasteiger partial charge < -0.3 is 9.84 Å². The van der Waals surface area contributed by atoms with Crippen molar-refractivity contribution in [1.29, 1.82) is 0 Å². The third-order valence-corrected chi connectivity index (χ3v) is 3.37. The van der Waals surface area contributed by atoms with Crippen LogP contribution in [-0.2, 0) is 4.79 Å². The third-order valence-electron chi connectivity index (χ3n) is 2.87. The van der Waals surface area contributed by atoms with Crippen molar-refractivity contribution in [3.8, 4) is 11.5 Å². The van der Waals surface area contributed by atoms with E-state index < -0.39 is 10.8 Å². The lowest BCUT2D eigenvalue weighted by molar-refractivity contribution is -0.384. The summed E-state index contributed by atoms with van der Waals surface area (Å²) in [5.74, 6) is -0.489. The number of non-ortho nitro benzene ring substituents is 1. The number of amides is 1. The highest BCUT2D eigenvalue weighted by Crippen LogP contribution is 2.29. The van der Waals surface area contributed by atoms with Gasteiger partial charge in [0.1, 0.15) is 11.5 Å². The van der Waals surface area contributed by atoms with Crippen LogP contribution in [0, 0.1) is 10.1 Å². The second kappa shape index (κ2) is 8.32. The van der Waals surface area contributed by atoms with Gasteiger partial charge in [0.15, 0.2) is 6.61 Å². The van der Waals surface area contributed by atoms with Crippen LogP contribution in [0.1, 0.15) is 5.56 Å². The van der Waals surface area contributed by atoms with Crippen molar-refractivity contribution in [1.82, 2.24) is 5.43 Å². The maximum absolute atomic E-state index is 11.6. The molecule has 0 atom stereocenters. The molecule has 2 N–H and O–H groups in total. The van der Waals surface area contributed by atoms with Gasteiger partial charge in [-0.1, -0.05) is 23.2 Å². The van der Waals surface area contributed by atoms with E-state index in [1.165, 1.54) is 42.6 Å². The van der Waals surface area contributed by atoms with Gasteiger partial charge in [0, 0.05) is 22.7 Å². The second-order valence-electron chi connectivity index (χ2n) is 4.66. The smallest absolute Gasteiger partial charge is 0.277 e. The Labute approximate surface area is 151 Å². The minimum Gasteiger partial charge on any atom is -0.506 e. The summed E-state index contributed by atoms with van der Waals surface area (Å²) in [5, 5.41) is 24.3. The summed E-state index contributed by atoms with van der Waals surface area (Å²) in [6.45, 7) is -0.350. The van der Waals surface area contributed by atoms with Crippen molar-refractivity contribution in [2.24, 2.45) is 5.10 Å². The first kappa shape index (κ1) is 18.5. The van der Waals surface area contributed by atoms with E-state index in [1.807, 2.05) is 0 Å². The standard InChI is InChI=1S/C15H11Cl2N3O5/c16-10-5-9(15(22)13(17)6-10)7-18-19-14(21)8-25-12-3-1-11(2-4-12)20(23)24/h1-7,22H,8H2,(H,19,21). The summed E-state index contributed by atoms with van der Waals surface area (Å²) in [5.41, 5.74) is 2.35. The lowest BCUT2D eigenvalue weighted by atomic mass is 10.2. The van der Waals surface area contributed by atoms with E-state index in [0.717, 1.165) is 0 Å². The Morgan fingerprint density at radius 2 is 2.00 bits per heavy atom. The van der Waals surface area contributed by atoms with E-state index in [9.17, 15) is 20.0 Å². The van der Waals surface area contributed by atoms with Crippen LogP contribution in [0.15, 0.2) is 41.5 Å². The Kier molecular flexibility index (Phi) is 6.15. The number of benzene rings is 2. The summed E-state index contributed by atoms with van der Waals surface area (Å²) < 4.78 is 5.17. The van der Waals surface area contributed by atoms with E-state index in [-0.39, 0.29) is 28.6 Å². The molecule has 0 fully saturated rings. The molecule has 10 heteroatoms. The van der Waals surface area contributed by atoms with Crippen molar-refractivity contribution in [3.05, 3.63) is 62.1 Å². The number of carbonyl (C=O) groups excluding carboxylic acids is 1. The number of phenols is 1. The fourth-order valence-electron chi connectivity index (χ4n) is 1.70. The molecule has 0 aliphatic heterocycles. The zero-order chi connectivity index (χ0) is 18.4. The molecule has 0 bridgehead atoms.